The van der Waals surface area contributed by atoms with Crippen molar-refractivity contribution in [3.8, 4) is 0 Å². The van der Waals surface area contributed by atoms with E-state index in [4.69, 9.17) is 34.8 Å². The number of carbonyl (C=O) groups is 2. The molecule has 0 bridgehead atoms. The van der Waals surface area contributed by atoms with Crippen LogP contribution in [0.3, 0.4) is 0 Å². The average Bonchev–Trinajstić information content (AvgIpc) is 3.04. The van der Waals surface area contributed by atoms with Crippen molar-refractivity contribution >= 4 is 79.9 Å². The van der Waals surface area contributed by atoms with E-state index >= 15 is 0 Å². The highest BCUT2D eigenvalue weighted by molar-refractivity contribution is 9.10. The van der Waals surface area contributed by atoms with Gasteiger partial charge in [-0.3, -0.25) is 9.59 Å². The van der Waals surface area contributed by atoms with Crippen LogP contribution >= 0.6 is 62.5 Å². The predicted octanol–water partition coefficient (Wildman–Crippen LogP) is 6.49. The maximum Gasteiger partial charge on any atom is 0.255 e. The molecule has 0 spiro atoms. The van der Waals surface area contributed by atoms with E-state index in [1.807, 2.05) is 53.1 Å². The summed E-state index contributed by atoms with van der Waals surface area (Å²) >= 11 is 22.4. The minimum atomic E-state index is -2.04. The van der Waals surface area contributed by atoms with Gasteiger partial charge in [-0.2, -0.15) is 0 Å². The van der Waals surface area contributed by atoms with Crippen molar-refractivity contribution in [2.24, 2.45) is 0 Å². The van der Waals surface area contributed by atoms with Crippen molar-refractivity contribution in [1.29, 1.82) is 0 Å². The summed E-state index contributed by atoms with van der Waals surface area (Å²) in [7, 11) is 0. The Balaban J connectivity index is 1.64. The number of benzene rings is 2. The molecule has 4 rings (SSSR count). The fourth-order valence-corrected chi connectivity index (χ4v) is 4.81. The number of fused-ring (bicyclic) bond motifs is 2. The Morgan fingerprint density at radius 1 is 0.968 bits per heavy atom. The summed E-state index contributed by atoms with van der Waals surface area (Å²) < 4.78 is 0.765. The molecule has 1 amide bonds. The number of nitrogens with zero attached hydrogens (tertiary/aromatic N) is 2. The van der Waals surface area contributed by atoms with E-state index in [1.54, 1.807) is 17.0 Å². The summed E-state index contributed by atoms with van der Waals surface area (Å²) in [6, 6.07) is 18.9. The Bertz CT molecular complexity index is 1140. The van der Waals surface area contributed by atoms with Crippen LogP contribution in [-0.4, -0.2) is 25.8 Å². The van der Waals surface area contributed by atoms with E-state index < -0.39 is 9.58 Å². The van der Waals surface area contributed by atoms with E-state index in [0.29, 0.717) is 18.8 Å². The van der Waals surface area contributed by atoms with Gasteiger partial charge in [-0.25, -0.2) is 0 Å². The molecule has 4 nitrogen and oxygen atoms in total. The molecule has 1 aliphatic rings. The molecule has 0 saturated heterocycles. The number of hydrogen-bond donors (Lipinski definition) is 0. The number of carbonyl (C=O) groups excluding carboxylic acids is 2. The molecule has 0 N–H and O–H groups in total. The highest BCUT2D eigenvalue weighted by atomic mass is 79.9. The first kappa shape index (κ1) is 22.7. The number of amides is 1. The molecule has 0 saturated carbocycles. The van der Waals surface area contributed by atoms with Crippen LogP contribution < -0.4 is 4.90 Å². The Labute approximate surface area is 207 Å². The Hall–Kier alpha value is -1.44. The largest absolute Gasteiger partial charge is 0.336 e. The van der Waals surface area contributed by atoms with E-state index in [0.717, 1.165) is 26.3 Å². The Kier molecular flexibility index (Phi) is 6.75. The van der Waals surface area contributed by atoms with Gasteiger partial charge in [0.25, 0.3) is 3.79 Å². The van der Waals surface area contributed by atoms with Gasteiger partial charge in [-0.15, -0.1) is 11.8 Å². The number of rotatable bonds is 4. The molecule has 160 valence electrons. The van der Waals surface area contributed by atoms with Crippen LogP contribution in [0.25, 0.3) is 0 Å². The fourth-order valence-electron chi connectivity index (χ4n) is 3.48. The number of thioether (sulfide) groups is 1. The molecule has 0 aliphatic carbocycles. The Morgan fingerprint density at radius 3 is 2.39 bits per heavy atom. The van der Waals surface area contributed by atoms with Crippen molar-refractivity contribution in [3.05, 3.63) is 82.1 Å². The predicted molar refractivity (Wildman–Crippen MR) is 131 cm³/mol. The summed E-state index contributed by atoms with van der Waals surface area (Å²) in [5.74, 6) is -0.326. The lowest BCUT2D eigenvalue weighted by Crippen LogP contribution is -2.32. The van der Waals surface area contributed by atoms with Crippen LogP contribution in [0.2, 0.25) is 0 Å². The first-order chi connectivity index (χ1) is 14.7. The minimum Gasteiger partial charge on any atom is -0.336 e. The normalized spacial score (nSPS) is 13.4. The van der Waals surface area contributed by atoms with Crippen molar-refractivity contribution < 1.29 is 9.59 Å². The van der Waals surface area contributed by atoms with Crippen molar-refractivity contribution in [1.82, 2.24) is 4.57 Å². The Morgan fingerprint density at radius 2 is 1.68 bits per heavy atom. The van der Waals surface area contributed by atoms with Crippen molar-refractivity contribution in [2.75, 3.05) is 10.7 Å². The number of ketones is 1. The number of aromatic nitrogens is 1. The molecule has 0 radical (unpaired) electrons. The number of anilines is 1. The van der Waals surface area contributed by atoms with Crippen LogP contribution in [0, 0.1) is 0 Å². The van der Waals surface area contributed by atoms with Crippen LogP contribution in [0.15, 0.2) is 70.0 Å². The van der Waals surface area contributed by atoms with Crippen molar-refractivity contribution in [2.45, 2.75) is 21.8 Å². The number of hydrogen-bond acceptors (Lipinski definition) is 3. The fraction of sp³-hybridized carbons (Fsp3) is 0.182. The monoisotopic (exact) mass is 556 g/mol. The van der Waals surface area contributed by atoms with Crippen LogP contribution in [0.4, 0.5) is 5.69 Å². The van der Waals surface area contributed by atoms with E-state index in [2.05, 4.69) is 15.9 Å². The van der Waals surface area contributed by atoms with Gasteiger partial charge in [-0.05, 0) is 48.0 Å². The lowest BCUT2D eigenvalue weighted by molar-refractivity contribution is -0.116. The van der Waals surface area contributed by atoms with Crippen LogP contribution in [0.1, 0.15) is 21.7 Å². The van der Waals surface area contributed by atoms with Gasteiger partial charge in [0.15, 0.2) is 0 Å². The molecule has 0 atom stereocenters. The summed E-state index contributed by atoms with van der Waals surface area (Å²) in [6.45, 7) is 0.730. The zero-order valence-corrected chi connectivity index (χ0v) is 20.7. The van der Waals surface area contributed by atoms with Crippen molar-refractivity contribution in [3.63, 3.8) is 0 Å². The number of Topliss-reactive ketones (excluding diaryl/α,β-unsaturated/α-hetero) is 1. The molecule has 3 aromatic rings. The molecule has 0 unspecified atom stereocenters. The van der Waals surface area contributed by atoms with E-state index in [9.17, 15) is 9.59 Å². The van der Waals surface area contributed by atoms with Gasteiger partial charge in [-0.1, -0.05) is 68.9 Å². The number of para-hydroxylation sites is 1. The third-order valence-electron chi connectivity index (χ3n) is 4.97. The molecule has 2 heterocycles. The molecular weight excluding hydrogens is 543 g/mol. The number of halogens is 4. The average molecular weight is 559 g/mol. The highest BCUT2D eigenvalue weighted by Gasteiger charge is 2.35. The second-order valence-corrected chi connectivity index (χ2v) is 11.2. The third-order valence-corrected chi connectivity index (χ3v) is 7.01. The van der Waals surface area contributed by atoms with Gasteiger partial charge < -0.3 is 9.47 Å². The third kappa shape index (κ3) is 4.99. The molecule has 31 heavy (non-hydrogen) atoms. The summed E-state index contributed by atoms with van der Waals surface area (Å²) in [4.78, 5) is 28.6. The second kappa shape index (κ2) is 9.20. The van der Waals surface area contributed by atoms with Gasteiger partial charge in [0.2, 0.25) is 11.7 Å². The first-order valence-electron chi connectivity index (χ1n) is 9.30. The molecule has 1 aliphatic heterocycles. The summed E-state index contributed by atoms with van der Waals surface area (Å²) in [5, 5.41) is 0. The lowest BCUT2D eigenvalue weighted by Gasteiger charge is -2.22. The molecule has 1 aromatic heterocycles. The van der Waals surface area contributed by atoms with Gasteiger partial charge in [0.05, 0.1) is 24.5 Å². The maximum absolute atomic E-state index is 13.2. The number of alkyl halides is 3. The smallest absolute Gasteiger partial charge is 0.255 e. The van der Waals surface area contributed by atoms with Gasteiger partial charge in [0.1, 0.15) is 0 Å². The topological polar surface area (TPSA) is 42.3 Å². The van der Waals surface area contributed by atoms with Gasteiger partial charge >= 0.3 is 0 Å². The second-order valence-electron chi connectivity index (χ2n) is 6.97. The SMILES string of the molecule is O=C(CSc1ccc(Br)cc1)N1Cc2ccc(C(=O)C(Cl)(Cl)Cl)n2Cc2ccccc21. The quantitative estimate of drug-likeness (QED) is 0.209. The van der Waals surface area contributed by atoms with E-state index in [-0.39, 0.29) is 11.7 Å². The lowest BCUT2D eigenvalue weighted by atomic mass is 10.1. The first-order valence-corrected chi connectivity index (χ1v) is 12.2. The summed E-state index contributed by atoms with van der Waals surface area (Å²) in [5.41, 5.74) is 2.84. The van der Waals surface area contributed by atoms with Crippen LogP contribution in [-0.2, 0) is 17.9 Å². The van der Waals surface area contributed by atoms with Gasteiger partial charge in [0, 0.05) is 20.7 Å². The maximum atomic E-state index is 13.2. The molecule has 2 aromatic carbocycles. The standard InChI is InChI=1S/C22H16BrCl3N2O2S/c23-15-5-8-17(9-6-15)31-13-20(29)28-12-16-7-10-19(21(30)22(24,25)26)27(16)11-14-3-1-2-4-18(14)28/h1-10H,11-13H2. The molecular formula is C22H16BrCl3N2O2S. The van der Waals surface area contributed by atoms with E-state index in [1.165, 1.54) is 11.8 Å². The van der Waals surface area contributed by atoms with Crippen LogP contribution in [0.5, 0.6) is 0 Å². The molecule has 9 heteroatoms. The zero-order valence-electron chi connectivity index (χ0n) is 16.0. The summed E-state index contributed by atoms with van der Waals surface area (Å²) in [6.07, 6.45) is 0. The highest BCUT2D eigenvalue weighted by Crippen LogP contribution is 2.34. The molecule has 0 fully saturated rings. The minimum absolute atomic E-state index is 0.0238. The zero-order chi connectivity index (χ0) is 22.2.